The van der Waals surface area contributed by atoms with E-state index in [1.54, 1.807) is 19.1 Å². The fourth-order valence-electron chi connectivity index (χ4n) is 1.96. The maximum atomic E-state index is 11.2. The fraction of sp³-hybridized carbons (Fsp3) is 0.500. The number of rotatable bonds is 12. The maximum Gasteiger partial charge on any atom is 0.159 e. The van der Waals surface area contributed by atoms with E-state index in [1.807, 2.05) is 51.2 Å². The number of allylic oxidation sites excluding steroid dienone is 8. The molecule has 0 radical (unpaired) electrons. The Balaban J connectivity index is -0.000000533. The van der Waals surface area contributed by atoms with Crippen LogP contribution in [0.15, 0.2) is 72.5 Å². The van der Waals surface area contributed by atoms with Crippen LogP contribution < -0.4 is 5.32 Å². The molecule has 0 saturated carbocycles. The monoisotopic (exact) mass is 429 g/mol. The first-order chi connectivity index (χ1) is 14.6. The maximum absolute atomic E-state index is 11.2. The SMILES string of the molecule is C=C/C(=C\C=C/C)CN/C(C)=C/C=C(\C=C)C(C)=O.CCC(C)=O.CCC[C@H](C)CC. The third-order valence-electron chi connectivity index (χ3n) is 4.45. The van der Waals surface area contributed by atoms with Crippen LogP contribution in [0.3, 0.4) is 0 Å². The van der Waals surface area contributed by atoms with Gasteiger partial charge in [-0.3, -0.25) is 4.79 Å². The highest BCUT2D eigenvalue weighted by Gasteiger charge is 1.96. The third-order valence-corrected chi connectivity index (χ3v) is 4.45. The topological polar surface area (TPSA) is 46.2 Å². The average molecular weight is 430 g/mol. The number of Topliss-reactive ketones (excluding diaryl/α,β-unsaturated/α-hetero) is 2. The van der Waals surface area contributed by atoms with Gasteiger partial charge in [-0.15, -0.1) is 0 Å². The van der Waals surface area contributed by atoms with Crippen LogP contribution in [0.4, 0.5) is 0 Å². The summed E-state index contributed by atoms with van der Waals surface area (Å²) in [7, 11) is 0. The van der Waals surface area contributed by atoms with Crippen molar-refractivity contribution in [1.29, 1.82) is 0 Å². The van der Waals surface area contributed by atoms with Gasteiger partial charge in [0.2, 0.25) is 0 Å². The Morgan fingerprint density at radius 3 is 1.87 bits per heavy atom. The van der Waals surface area contributed by atoms with Crippen molar-refractivity contribution in [2.24, 2.45) is 5.92 Å². The van der Waals surface area contributed by atoms with Crippen LogP contribution in [0.25, 0.3) is 0 Å². The van der Waals surface area contributed by atoms with Crippen LogP contribution in [0.1, 0.15) is 81.1 Å². The Hall–Kier alpha value is -2.42. The van der Waals surface area contributed by atoms with Gasteiger partial charge in [-0.1, -0.05) is 90.5 Å². The summed E-state index contributed by atoms with van der Waals surface area (Å²) in [5, 5.41) is 3.26. The highest BCUT2D eigenvalue weighted by Crippen LogP contribution is 2.07. The lowest BCUT2D eigenvalue weighted by atomic mass is 10.0. The summed E-state index contributed by atoms with van der Waals surface area (Å²) in [6, 6.07) is 0. The molecule has 3 nitrogen and oxygen atoms in total. The number of hydrogen-bond acceptors (Lipinski definition) is 3. The second-order valence-electron chi connectivity index (χ2n) is 7.41. The predicted molar refractivity (Wildman–Crippen MR) is 139 cm³/mol. The molecule has 0 aliphatic carbocycles. The van der Waals surface area contributed by atoms with Gasteiger partial charge in [0.1, 0.15) is 5.78 Å². The van der Waals surface area contributed by atoms with Gasteiger partial charge in [0.25, 0.3) is 0 Å². The molecule has 0 unspecified atom stereocenters. The molecule has 0 fully saturated rings. The van der Waals surface area contributed by atoms with Gasteiger partial charge in [-0.05, 0) is 51.3 Å². The van der Waals surface area contributed by atoms with Crippen LogP contribution in [0.2, 0.25) is 0 Å². The molecular formula is C28H47NO2. The molecule has 176 valence electrons. The third kappa shape index (κ3) is 25.5. The summed E-state index contributed by atoms with van der Waals surface area (Å²) in [4.78, 5) is 21.0. The average Bonchev–Trinajstić information content (AvgIpc) is 2.75. The molecule has 3 heteroatoms. The van der Waals surface area contributed by atoms with Crippen LogP contribution in [-0.4, -0.2) is 18.1 Å². The molecule has 0 spiro atoms. The van der Waals surface area contributed by atoms with E-state index in [-0.39, 0.29) is 11.6 Å². The van der Waals surface area contributed by atoms with Gasteiger partial charge in [-0.25, -0.2) is 0 Å². The molecule has 0 saturated heterocycles. The first kappa shape index (κ1) is 33.2. The van der Waals surface area contributed by atoms with Crippen LogP contribution in [-0.2, 0) is 9.59 Å². The van der Waals surface area contributed by atoms with Gasteiger partial charge in [0.15, 0.2) is 5.78 Å². The molecule has 0 aromatic rings. The number of nitrogens with one attached hydrogen (secondary N) is 1. The molecule has 0 heterocycles. The molecule has 0 amide bonds. The van der Waals surface area contributed by atoms with Gasteiger partial charge in [-0.2, -0.15) is 0 Å². The van der Waals surface area contributed by atoms with E-state index in [1.165, 1.54) is 26.2 Å². The minimum Gasteiger partial charge on any atom is -0.384 e. The molecular weight excluding hydrogens is 382 g/mol. The summed E-state index contributed by atoms with van der Waals surface area (Å²) >= 11 is 0. The minimum atomic E-state index is 0.0128. The predicted octanol–water partition coefficient (Wildman–Crippen LogP) is 7.69. The molecule has 0 rings (SSSR count). The second kappa shape index (κ2) is 23.9. The summed E-state index contributed by atoms with van der Waals surface area (Å²) in [5.74, 6) is 1.22. The first-order valence-corrected chi connectivity index (χ1v) is 11.3. The van der Waals surface area contributed by atoms with Crippen LogP contribution >= 0.6 is 0 Å². The molecule has 0 bridgehead atoms. The van der Waals surface area contributed by atoms with Crippen molar-refractivity contribution in [2.45, 2.75) is 81.1 Å². The van der Waals surface area contributed by atoms with Gasteiger partial charge in [0, 0.05) is 24.2 Å². The van der Waals surface area contributed by atoms with Crippen LogP contribution in [0.5, 0.6) is 0 Å². The molecule has 1 N–H and O–H groups in total. The van der Waals surface area contributed by atoms with Crippen LogP contribution in [0, 0.1) is 5.92 Å². The lowest BCUT2D eigenvalue weighted by Crippen LogP contribution is -2.13. The second-order valence-corrected chi connectivity index (χ2v) is 7.41. The summed E-state index contributed by atoms with van der Waals surface area (Å²) in [6.45, 7) is 23.8. The van der Waals surface area contributed by atoms with Crippen molar-refractivity contribution >= 4 is 11.6 Å². The van der Waals surface area contributed by atoms with E-state index in [0.29, 0.717) is 18.5 Å². The highest BCUT2D eigenvalue weighted by atomic mass is 16.1. The molecule has 0 aromatic heterocycles. The molecule has 0 aromatic carbocycles. The minimum absolute atomic E-state index is 0.0128. The Labute approximate surface area is 192 Å². The lowest BCUT2D eigenvalue weighted by molar-refractivity contribution is -0.116. The van der Waals surface area contributed by atoms with Gasteiger partial charge in [0.05, 0.1) is 0 Å². The van der Waals surface area contributed by atoms with Crippen molar-refractivity contribution in [3.8, 4) is 0 Å². The van der Waals surface area contributed by atoms with E-state index >= 15 is 0 Å². The Kier molecular flexibility index (Phi) is 25.6. The Morgan fingerprint density at radius 1 is 0.968 bits per heavy atom. The van der Waals surface area contributed by atoms with E-state index in [0.717, 1.165) is 17.2 Å². The molecule has 31 heavy (non-hydrogen) atoms. The highest BCUT2D eigenvalue weighted by molar-refractivity contribution is 5.96. The first-order valence-electron chi connectivity index (χ1n) is 11.3. The zero-order chi connectivity index (χ0) is 24.7. The van der Waals surface area contributed by atoms with E-state index in [4.69, 9.17) is 0 Å². The van der Waals surface area contributed by atoms with Crippen molar-refractivity contribution in [3.05, 3.63) is 72.5 Å². The van der Waals surface area contributed by atoms with E-state index in [9.17, 15) is 9.59 Å². The van der Waals surface area contributed by atoms with Crippen molar-refractivity contribution in [1.82, 2.24) is 5.32 Å². The lowest BCUT2D eigenvalue weighted by Gasteiger charge is -2.06. The number of carbonyl (C=O) groups excluding carboxylic acids is 2. The molecule has 0 aliphatic heterocycles. The molecule has 1 atom stereocenters. The van der Waals surface area contributed by atoms with Gasteiger partial charge >= 0.3 is 0 Å². The van der Waals surface area contributed by atoms with E-state index < -0.39 is 0 Å². The Bertz CT molecular complexity index is 633. The normalized spacial score (nSPS) is 12.7. The number of ketones is 2. The van der Waals surface area contributed by atoms with Crippen molar-refractivity contribution in [2.75, 3.05) is 6.54 Å². The fourth-order valence-corrected chi connectivity index (χ4v) is 1.96. The van der Waals surface area contributed by atoms with Crippen molar-refractivity contribution < 1.29 is 9.59 Å². The smallest absolute Gasteiger partial charge is 0.159 e. The van der Waals surface area contributed by atoms with Crippen molar-refractivity contribution in [3.63, 3.8) is 0 Å². The standard InChI is InChI=1S/C17H23NO.C7H16.C4H8O/c1-6-9-10-16(7-2)13-18-14(4)11-12-17(8-3)15(5)19;1-4-6-7(3)5-2;1-3-4(2)5/h6-12,18H,2-3,13H2,1,4-5H3;7H,4-6H2,1-3H3;3H2,1-2H3/b9-6-,14-11+,16-10+,17-12+;;/t;7-;/m.1./s1. The zero-order valence-electron chi connectivity index (χ0n) is 21.4. The zero-order valence-corrected chi connectivity index (χ0v) is 21.4. The summed E-state index contributed by atoms with van der Waals surface area (Å²) < 4.78 is 0. The van der Waals surface area contributed by atoms with Gasteiger partial charge < -0.3 is 10.1 Å². The number of carbonyl (C=O) groups is 2. The quantitative estimate of drug-likeness (QED) is 0.255. The van der Waals surface area contributed by atoms with E-state index in [2.05, 4.69) is 39.2 Å². The molecule has 0 aliphatic rings. The summed E-state index contributed by atoms with van der Waals surface area (Å²) in [6.07, 6.45) is 17.7. The largest absolute Gasteiger partial charge is 0.384 e. The summed E-state index contributed by atoms with van der Waals surface area (Å²) in [5.41, 5.74) is 2.69. The Morgan fingerprint density at radius 2 is 1.55 bits per heavy atom. The number of hydrogen-bond donors (Lipinski definition) is 1.